The third-order valence-corrected chi connectivity index (χ3v) is 3.95. The Morgan fingerprint density at radius 2 is 1.80 bits per heavy atom. The summed E-state index contributed by atoms with van der Waals surface area (Å²) in [5.74, 6) is 0. The van der Waals surface area contributed by atoms with Gasteiger partial charge in [0.05, 0.1) is 16.5 Å². The zero-order valence-electron chi connectivity index (χ0n) is 10.3. The molecule has 0 aromatic heterocycles. The number of sulfonamides is 1. The summed E-state index contributed by atoms with van der Waals surface area (Å²) in [6.45, 7) is 0. The van der Waals surface area contributed by atoms with Crippen LogP contribution >= 0.6 is 0 Å². The minimum atomic E-state index is -3.75. The molecule has 0 radical (unpaired) electrons. The van der Waals surface area contributed by atoms with Crippen LogP contribution in [0.25, 0.3) is 0 Å². The summed E-state index contributed by atoms with van der Waals surface area (Å²) >= 11 is 0. The molecule has 6 heteroatoms. The van der Waals surface area contributed by atoms with Gasteiger partial charge in [0.15, 0.2) is 0 Å². The van der Waals surface area contributed by atoms with Gasteiger partial charge in [0.25, 0.3) is 10.0 Å². The Morgan fingerprint density at radius 3 is 2.40 bits per heavy atom. The Labute approximate surface area is 116 Å². The van der Waals surface area contributed by atoms with Crippen LogP contribution in [0.1, 0.15) is 15.9 Å². The minimum Gasteiger partial charge on any atom is -0.298 e. The fourth-order valence-electron chi connectivity index (χ4n) is 1.58. The summed E-state index contributed by atoms with van der Waals surface area (Å²) in [4.78, 5) is 10.5. The molecule has 2 aromatic carbocycles. The second kappa shape index (κ2) is 5.55. The van der Waals surface area contributed by atoms with Crippen molar-refractivity contribution < 1.29 is 13.2 Å². The molecule has 0 amide bonds. The molecule has 0 saturated heterocycles. The lowest BCUT2D eigenvalue weighted by Gasteiger charge is -2.08. The number of hydrogen-bond acceptors (Lipinski definition) is 4. The van der Waals surface area contributed by atoms with Crippen LogP contribution in [0.15, 0.2) is 53.4 Å². The molecule has 2 rings (SSSR count). The monoisotopic (exact) mass is 286 g/mol. The second-order valence-corrected chi connectivity index (χ2v) is 5.67. The van der Waals surface area contributed by atoms with Crippen molar-refractivity contribution in [1.82, 2.24) is 0 Å². The van der Waals surface area contributed by atoms with E-state index in [0.717, 1.165) is 0 Å². The van der Waals surface area contributed by atoms with E-state index in [9.17, 15) is 13.2 Å². The molecule has 5 nitrogen and oxygen atoms in total. The van der Waals surface area contributed by atoms with E-state index in [-0.39, 0.29) is 10.5 Å². The van der Waals surface area contributed by atoms with Crippen LogP contribution in [0.3, 0.4) is 0 Å². The highest BCUT2D eigenvalue weighted by molar-refractivity contribution is 7.92. The van der Waals surface area contributed by atoms with E-state index in [1.807, 2.05) is 6.07 Å². The van der Waals surface area contributed by atoms with Crippen LogP contribution in [-0.4, -0.2) is 14.7 Å². The molecule has 0 atom stereocenters. The van der Waals surface area contributed by atoms with Crippen molar-refractivity contribution >= 4 is 22.0 Å². The van der Waals surface area contributed by atoms with Gasteiger partial charge in [-0.1, -0.05) is 6.07 Å². The predicted octanol–water partition coefficient (Wildman–Crippen LogP) is 2.17. The van der Waals surface area contributed by atoms with Crippen LogP contribution < -0.4 is 4.72 Å². The summed E-state index contributed by atoms with van der Waals surface area (Å²) in [6, 6.07) is 13.6. The number of nitrogens with zero attached hydrogens (tertiary/aromatic N) is 1. The number of hydrogen-bond donors (Lipinski definition) is 1. The van der Waals surface area contributed by atoms with Gasteiger partial charge in [-0.25, -0.2) is 8.42 Å². The zero-order valence-corrected chi connectivity index (χ0v) is 11.1. The number of aldehydes is 1. The Hall–Kier alpha value is -2.65. The summed E-state index contributed by atoms with van der Waals surface area (Å²) in [5, 5.41) is 8.78. The number of benzene rings is 2. The van der Waals surface area contributed by atoms with E-state index in [2.05, 4.69) is 4.72 Å². The molecule has 0 unspecified atom stereocenters. The number of rotatable bonds is 4. The van der Waals surface area contributed by atoms with Gasteiger partial charge in [0.2, 0.25) is 0 Å². The first-order valence-corrected chi connectivity index (χ1v) is 7.12. The lowest BCUT2D eigenvalue weighted by atomic mass is 10.2. The first kappa shape index (κ1) is 13.8. The Balaban J connectivity index is 2.30. The molecule has 20 heavy (non-hydrogen) atoms. The smallest absolute Gasteiger partial charge is 0.261 e. The fraction of sp³-hybridized carbons (Fsp3) is 0. The highest BCUT2D eigenvalue weighted by atomic mass is 32.2. The van der Waals surface area contributed by atoms with Gasteiger partial charge in [0.1, 0.15) is 6.29 Å². The molecule has 0 fully saturated rings. The molecule has 0 aliphatic rings. The van der Waals surface area contributed by atoms with Gasteiger partial charge in [-0.2, -0.15) is 5.26 Å². The molecule has 1 N–H and O–H groups in total. The summed E-state index contributed by atoms with van der Waals surface area (Å²) in [7, 11) is -3.75. The number of carbonyl (C=O) groups excluding carboxylic acids is 1. The molecule has 100 valence electrons. The number of nitriles is 1. The molecular formula is C14H10N2O3S. The van der Waals surface area contributed by atoms with Gasteiger partial charge < -0.3 is 0 Å². The van der Waals surface area contributed by atoms with Gasteiger partial charge in [-0.05, 0) is 42.5 Å². The Kier molecular flexibility index (Phi) is 3.82. The molecular weight excluding hydrogens is 276 g/mol. The Morgan fingerprint density at radius 1 is 1.10 bits per heavy atom. The van der Waals surface area contributed by atoms with Gasteiger partial charge in [-0.3, -0.25) is 9.52 Å². The third-order valence-electron chi connectivity index (χ3n) is 2.57. The second-order valence-electron chi connectivity index (χ2n) is 3.98. The van der Waals surface area contributed by atoms with Crippen LogP contribution in [0.2, 0.25) is 0 Å². The normalized spacial score (nSPS) is 10.6. The van der Waals surface area contributed by atoms with Crippen molar-refractivity contribution in [1.29, 1.82) is 5.26 Å². The van der Waals surface area contributed by atoms with Gasteiger partial charge in [-0.15, -0.1) is 0 Å². The van der Waals surface area contributed by atoms with Crippen molar-refractivity contribution in [3.63, 3.8) is 0 Å². The number of carbonyl (C=O) groups is 1. The minimum absolute atomic E-state index is 0.0102. The maximum Gasteiger partial charge on any atom is 0.261 e. The van der Waals surface area contributed by atoms with Crippen molar-refractivity contribution in [2.75, 3.05) is 4.72 Å². The van der Waals surface area contributed by atoms with Crippen LogP contribution in [0.5, 0.6) is 0 Å². The van der Waals surface area contributed by atoms with E-state index in [0.29, 0.717) is 17.5 Å². The topological polar surface area (TPSA) is 87.0 Å². The standard InChI is InChI=1S/C14H10N2O3S/c15-9-12-2-1-3-14(8-12)20(18,19)16-13-6-4-11(10-17)5-7-13/h1-8,10,16H. The summed E-state index contributed by atoms with van der Waals surface area (Å²) in [6.07, 6.45) is 0.675. The highest BCUT2D eigenvalue weighted by Crippen LogP contribution is 2.17. The molecule has 0 aliphatic heterocycles. The largest absolute Gasteiger partial charge is 0.298 e. The quantitative estimate of drug-likeness (QED) is 0.872. The lowest BCUT2D eigenvalue weighted by Crippen LogP contribution is -2.13. The first-order valence-electron chi connectivity index (χ1n) is 5.63. The SMILES string of the molecule is N#Cc1cccc(S(=O)(=O)Nc2ccc(C=O)cc2)c1. The van der Waals surface area contributed by atoms with Crippen LogP contribution in [-0.2, 0) is 10.0 Å². The van der Waals surface area contributed by atoms with Crippen molar-refractivity contribution in [3.05, 3.63) is 59.7 Å². The average Bonchev–Trinajstić information content (AvgIpc) is 2.48. The van der Waals surface area contributed by atoms with Crippen molar-refractivity contribution in [2.45, 2.75) is 4.90 Å². The van der Waals surface area contributed by atoms with Gasteiger partial charge in [0, 0.05) is 11.3 Å². The third kappa shape index (κ3) is 3.02. The van der Waals surface area contributed by atoms with E-state index >= 15 is 0 Å². The van der Waals surface area contributed by atoms with Gasteiger partial charge >= 0.3 is 0 Å². The molecule has 0 aliphatic carbocycles. The van der Waals surface area contributed by atoms with E-state index in [1.54, 1.807) is 0 Å². The highest BCUT2D eigenvalue weighted by Gasteiger charge is 2.14. The van der Waals surface area contributed by atoms with E-state index < -0.39 is 10.0 Å². The molecule has 0 bridgehead atoms. The van der Waals surface area contributed by atoms with E-state index in [4.69, 9.17) is 5.26 Å². The average molecular weight is 286 g/mol. The van der Waals surface area contributed by atoms with Crippen molar-refractivity contribution in [3.8, 4) is 6.07 Å². The van der Waals surface area contributed by atoms with Crippen LogP contribution in [0, 0.1) is 11.3 Å². The predicted molar refractivity (Wildman–Crippen MR) is 73.8 cm³/mol. The molecule has 0 saturated carbocycles. The fourth-order valence-corrected chi connectivity index (χ4v) is 2.68. The molecule has 0 spiro atoms. The maximum absolute atomic E-state index is 12.1. The van der Waals surface area contributed by atoms with Crippen LogP contribution in [0.4, 0.5) is 5.69 Å². The number of anilines is 1. The molecule has 0 heterocycles. The Bertz CT molecular complexity index is 775. The lowest BCUT2D eigenvalue weighted by molar-refractivity contribution is 0.112. The first-order chi connectivity index (χ1) is 9.55. The molecule has 2 aromatic rings. The maximum atomic E-state index is 12.1. The van der Waals surface area contributed by atoms with Crippen molar-refractivity contribution in [2.24, 2.45) is 0 Å². The number of nitrogens with one attached hydrogen (secondary N) is 1. The summed E-state index contributed by atoms with van der Waals surface area (Å²) < 4.78 is 26.7. The zero-order chi connectivity index (χ0) is 14.6. The van der Waals surface area contributed by atoms with E-state index in [1.165, 1.54) is 48.5 Å². The summed E-state index contributed by atoms with van der Waals surface area (Å²) in [5.41, 5.74) is 1.07.